The van der Waals surface area contributed by atoms with E-state index in [2.05, 4.69) is 20.7 Å². The van der Waals surface area contributed by atoms with Crippen LogP contribution in [-0.4, -0.2) is 25.2 Å². The van der Waals surface area contributed by atoms with Crippen molar-refractivity contribution in [3.8, 4) is 0 Å². The van der Waals surface area contributed by atoms with Crippen molar-refractivity contribution in [1.82, 2.24) is 25.2 Å². The van der Waals surface area contributed by atoms with E-state index < -0.39 is 11.9 Å². The van der Waals surface area contributed by atoms with E-state index in [0.29, 0.717) is 5.52 Å². The lowest BCUT2D eigenvalue weighted by Crippen LogP contribution is -2.10. The average molecular weight is 296 g/mol. The van der Waals surface area contributed by atoms with Gasteiger partial charge in [0.2, 0.25) is 0 Å². The topological polar surface area (TPSA) is 71.4 Å². The molecule has 0 spiro atoms. The molecule has 0 saturated carbocycles. The monoisotopic (exact) mass is 296 g/mol. The van der Waals surface area contributed by atoms with E-state index in [0.717, 1.165) is 17.3 Å². The summed E-state index contributed by atoms with van der Waals surface area (Å²) in [6.07, 6.45) is -3.35. The van der Waals surface area contributed by atoms with Gasteiger partial charge >= 0.3 is 6.18 Å². The molecule has 0 saturated heterocycles. The van der Waals surface area contributed by atoms with Crippen molar-refractivity contribution in [2.45, 2.75) is 12.7 Å². The van der Waals surface area contributed by atoms with Crippen LogP contribution in [0.15, 0.2) is 24.4 Å². The molecule has 0 unspecified atom stereocenters. The lowest BCUT2D eigenvalue weighted by molar-refractivity contribution is -0.140. The molecule has 21 heavy (non-hydrogen) atoms. The van der Waals surface area contributed by atoms with Gasteiger partial charge in [0.1, 0.15) is 5.52 Å². The van der Waals surface area contributed by atoms with Crippen LogP contribution in [0.5, 0.6) is 0 Å². The van der Waals surface area contributed by atoms with Crippen molar-refractivity contribution in [2.75, 3.05) is 5.32 Å². The summed E-state index contributed by atoms with van der Waals surface area (Å²) >= 11 is 0. The summed E-state index contributed by atoms with van der Waals surface area (Å²) in [6.45, 7) is 0.231. The fourth-order valence-corrected chi connectivity index (χ4v) is 2.03. The minimum absolute atomic E-state index is 0.0817. The van der Waals surface area contributed by atoms with Crippen LogP contribution in [0.25, 0.3) is 11.0 Å². The second-order valence-electron chi connectivity index (χ2n) is 4.55. The normalized spacial score (nSPS) is 12.0. The molecule has 2 heterocycles. The number of aromatic nitrogens is 5. The predicted octanol–water partition coefficient (Wildman–Crippen LogP) is 2.32. The highest BCUT2D eigenvalue weighted by Gasteiger charge is 2.35. The van der Waals surface area contributed by atoms with E-state index in [-0.39, 0.29) is 12.2 Å². The lowest BCUT2D eigenvalue weighted by Gasteiger charge is -2.09. The molecular weight excluding hydrogens is 285 g/mol. The Morgan fingerprint density at radius 2 is 2.14 bits per heavy atom. The first kappa shape index (κ1) is 13.4. The molecule has 3 rings (SSSR count). The van der Waals surface area contributed by atoms with Crippen molar-refractivity contribution in [1.29, 1.82) is 0 Å². The lowest BCUT2D eigenvalue weighted by atomic mass is 10.2. The molecule has 2 N–H and O–H groups in total. The van der Waals surface area contributed by atoms with Crippen molar-refractivity contribution < 1.29 is 13.2 Å². The van der Waals surface area contributed by atoms with Crippen LogP contribution in [0.4, 0.5) is 18.9 Å². The number of hydrogen-bond acceptors (Lipinski definition) is 4. The van der Waals surface area contributed by atoms with Crippen LogP contribution in [0.3, 0.4) is 0 Å². The number of nitrogens with zero attached hydrogens (tertiary/aromatic N) is 4. The number of alkyl halides is 3. The Morgan fingerprint density at radius 1 is 1.33 bits per heavy atom. The molecule has 0 aliphatic carbocycles. The van der Waals surface area contributed by atoms with Gasteiger partial charge in [0.05, 0.1) is 17.4 Å². The number of nitrogens with one attached hydrogen (secondary N) is 2. The van der Waals surface area contributed by atoms with Gasteiger partial charge in [0.25, 0.3) is 0 Å². The quantitative estimate of drug-likeness (QED) is 0.778. The molecule has 3 aromatic rings. The van der Waals surface area contributed by atoms with E-state index >= 15 is 0 Å². The van der Waals surface area contributed by atoms with Crippen LogP contribution in [0, 0.1) is 0 Å². The largest absolute Gasteiger partial charge is 0.434 e. The zero-order chi connectivity index (χ0) is 15.0. The third-order valence-corrected chi connectivity index (χ3v) is 3.08. The summed E-state index contributed by atoms with van der Waals surface area (Å²) in [5, 5.41) is 15.9. The first-order chi connectivity index (χ1) is 9.95. The highest BCUT2D eigenvalue weighted by molar-refractivity contribution is 5.75. The Morgan fingerprint density at radius 3 is 2.90 bits per heavy atom. The zero-order valence-electron chi connectivity index (χ0n) is 10.9. The van der Waals surface area contributed by atoms with Crippen LogP contribution < -0.4 is 5.32 Å². The summed E-state index contributed by atoms with van der Waals surface area (Å²) in [4.78, 5) is 0. The molecular formula is C12H11F3N6. The van der Waals surface area contributed by atoms with Crippen LogP contribution in [0.1, 0.15) is 11.3 Å². The van der Waals surface area contributed by atoms with Crippen molar-refractivity contribution in [3.05, 3.63) is 35.7 Å². The SMILES string of the molecule is Cn1nnc2cc(CNc3cn[nH]c3C(F)(F)F)ccc21. The second kappa shape index (κ2) is 4.76. The highest BCUT2D eigenvalue weighted by atomic mass is 19.4. The summed E-state index contributed by atoms with van der Waals surface area (Å²) < 4.78 is 39.7. The number of rotatable bonds is 3. The average Bonchev–Trinajstić information content (AvgIpc) is 3.03. The zero-order valence-corrected chi connectivity index (χ0v) is 10.9. The van der Waals surface area contributed by atoms with Gasteiger partial charge in [0.15, 0.2) is 5.69 Å². The minimum atomic E-state index is -4.46. The molecule has 9 heteroatoms. The van der Waals surface area contributed by atoms with Crippen molar-refractivity contribution in [2.24, 2.45) is 7.05 Å². The minimum Gasteiger partial charge on any atom is -0.378 e. The summed E-state index contributed by atoms with van der Waals surface area (Å²) in [5.41, 5.74) is 1.39. The molecule has 0 bridgehead atoms. The fourth-order valence-electron chi connectivity index (χ4n) is 2.03. The van der Waals surface area contributed by atoms with Crippen molar-refractivity contribution in [3.63, 3.8) is 0 Å². The number of benzene rings is 1. The van der Waals surface area contributed by atoms with E-state index in [1.54, 1.807) is 17.8 Å². The number of halogens is 3. The van der Waals surface area contributed by atoms with E-state index in [9.17, 15) is 13.2 Å². The Bertz CT molecular complexity index is 773. The number of anilines is 1. The fraction of sp³-hybridized carbons (Fsp3) is 0.250. The Balaban J connectivity index is 1.79. The number of fused-ring (bicyclic) bond motifs is 1. The Hall–Kier alpha value is -2.58. The first-order valence-corrected chi connectivity index (χ1v) is 6.08. The van der Waals surface area contributed by atoms with Gasteiger partial charge in [-0.3, -0.25) is 5.10 Å². The smallest absolute Gasteiger partial charge is 0.378 e. The van der Waals surface area contributed by atoms with Crippen LogP contribution in [-0.2, 0) is 19.8 Å². The molecule has 0 amide bonds. The van der Waals surface area contributed by atoms with Gasteiger partial charge in [-0.15, -0.1) is 5.10 Å². The maximum absolute atomic E-state index is 12.7. The molecule has 1 aromatic carbocycles. The third kappa shape index (κ3) is 2.54. The molecule has 2 aromatic heterocycles. The standard InChI is InChI=1S/C12H11F3N6/c1-21-10-3-2-7(4-8(10)18-20-21)5-16-9-6-17-19-11(9)12(13,14)15/h2-4,6,16H,5H2,1H3,(H,17,19). The van der Waals surface area contributed by atoms with Gasteiger partial charge in [0, 0.05) is 13.6 Å². The number of hydrogen-bond donors (Lipinski definition) is 2. The van der Waals surface area contributed by atoms with E-state index in [1.165, 1.54) is 0 Å². The van der Waals surface area contributed by atoms with Crippen LogP contribution >= 0.6 is 0 Å². The maximum atomic E-state index is 12.7. The first-order valence-electron chi connectivity index (χ1n) is 6.08. The van der Waals surface area contributed by atoms with Gasteiger partial charge < -0.3 is 5.32 Å². The molecule has 0 radical (unpaired) electrons. The molecule has 6 nitrogen and oxygen atoms in total. The van der Waals surface area contributed by atoms with Gasteiger partial charge in [-0.2, -0.15) is 18.3 Å². The molecule has 0 atom stereocenters. The second-order valence-corrected chi connectivity index (χ2v) is 4.55. The van der Waals surface area contributed by atoms with Crippen molar-refractivity contribution >= 4 is 16.7 Å². The number of aryl methyl sites for hydroxylation is 1. The van der Waals surface area contributed by atoms with E-state index in [4.69, 9.17) is 0 Å². The molecule has 0 aliphatic rings. The number of H-pyrrole nitrogens is 1. The third-order valence-electron chi connectivity index (χ3n) is 3.08. The van der Waals surface area contributed by atoms with Gasteiger partial charge in [-0.05, 0) is 17.7 Å². The summed E-state index contributed by atoms with van der Waals surface area (Å²) in [5.74, 6) is 0. The molecule has 0 fully saturated rings. The van der Waals surface area contributed by atoms with Gasteiger partial charge in [-0.1, -0.05) is 11.3 Å². The summed E-state index contributed by atoms with van der Waals surface area (Å²) in [7, 11) is 1.77. The Kier molecular flexibility index (Phi) is 3.04. The molecule has 110 valence electrons. The van der Waals surface area contributed by atoms with E-state index in [1.807, 2.05) is 17.2 Å². The maximum Gasteiger partial charge on any atom is 0.434 e. The van der Waals surface area contributed by atoms with Crippen LogP contribution in [0.2, 0.25) is 0 Å². The summed E-state index contributed by atoms with van der Waals surface area (Å²) in [6, 6.07) is 5.42. The number of aromatic amines is 1. The molecule has 0 aliphatic heterocycles. The predicted molar refractivity (Wildman–Crippen MR) is 69.4 cm³/mol. The van der Waals surface area contributed by atoms with Gasteiger partial charge in [-0.25, -0.2) is 4.68 Å². The highest BCUT2D eigenvalue weighted by Crippen LogP contribution is 2.32. The Labute approximate surface area is 117 Å².